The highest BCUT2D eigenvalue weighted by Crippen LogP contribution is 2.31. The highest BCUT2D eigenvalue weighted by Gasteiger charge is 2.34. The molecule has 3 rings (SSSR count). The van der Waals surface area contributed by atoms with Gasteiger partial charge in [0.15, 0.2) is 6.10 Å². The van der Waals surface area contributed by atoms with Crippen molar-refractivity contribution in [1.29, 1.82) is 0 Å². The molecule has 1 aromatic rings. The summed E-state index contributed by atoms with van der Waals surface area (Å²) in [4.78, 5) is 14.6. The molecule has 1 unspecified atom stereocenters. The third-order valence-corrected chi connectivity index (χ3v) is 4.12. The molecular formula is C16H22N2O2. The molecule has 0 saturated carbocycles. The molecule has 0 aliphatic carbocycles. The first-order valence-electron chi connectivity index (χ1n) is 7.33. The summed E-state index contributed by atoms with van der Waals surface area (Å²) in [5.74, 6) is 0.883. The van der Waals surface area contributed by atoms with Crippen molar-refractivity contribution in [3.63, 3.8) is 0 Å². The van der Waals surface area contributed by atoms with E-state index in [-0.39, 0.29) is 11.3 Å². The van der Waals surface area contributed by atoms with Crippen molar-refractivity contribution in [2.45, 2.75) is 32.8 Å². The minimum atomic E-state index is -0.404. The van der Waals surface area contributed by atoms with E-state index in [1.807, 2.05) is 29.2 Å². The van der Waals surface area contributed by atoms with Crippen LogP contribution in [0.15, 0.2) is 24.3 Å². The summed E-state index contributed by atoms with van der Waals surface area (Å²) in [5.41, 5.74) is 1.18. The van der Waals surface area contributed by atoms with Crippen LogP contribution < -0.4 is 10.1 Å². The fraction of sp³-hybridized carbons (Fsp3) is 0.562. The van der Waals surface area contributed by atoms with Crippen LogP contribution in [0.2, 0.25) is 0 Å². The maximum atomic E-state index is 12.6. The molecule has 1 N–H and O–H groups in total. The molecule has 1 aromatic carbocycles. The minimum absolute atomic E-state index is 0.111. The number of fused-ring (bicyclic) bond motifs is 1. The second-order valence-corrected chi connectivity index (χ2v) is 6.51. The van der Waals surface area contributed by atoms with E-state index in [2.05, 4.69) is 19.2 Å². The number of hydrogen-bond donors (Lipinski definition) is 1. The van der Waals surface area contributed by atoms with Gasteiger partial charge in [-0.05, 0) is 30.4 Å². The monoisotopic (exact) mass is 274 g/mol. The summed E-state index contributed by atoms with van der Waals surface area (Å²) in [6.07, 6.45) is 1.86. The third-order valence-electron chi connectivity index (χ3n) is 4.12. The Morgan fingerprint density at radius 1 is 1.40 bits per heavy atom. The number of nitrogens with one attached hydrogen (secondary N) is 1. The van der Waals surface area contributed by atoms with Crippen molar-refractivity contribution in [3.8, 4) is 5.75 Å². The lowest BCUT2D eigenvalue weighted by Gasteiger charge is -2.40. The first-order valence-corrected chi connectivity index (χ1v) is 7.33. The molecule has 0 bridgehead atoms. The van der Waals surface area contributed by atoms with E-state index in [1.165, 1.54) is 6.42 Å². The highest BCUT2D eigenvalue weighted by atomic mass is 16.5. The lowest BCUT2D eigenvalue weighted by atomic mass is 9.84. The van der Waals surface area contributed by atoms with Crippen LogP contribution in [-0.4, -0.2) is 36.5 Å². The van der Waals surface area contributed by atoms with Crippen LogP contribution in [0.25, 0.3) is 0 Å². The number of para-hydroxylation sites is 2. The zero-order valence-corrected chi connectivity index (χ0v) is 12.2. The quantitative estimate of drug-likeness (QED) is 0.855. The van der Waals surface area contributed by atoms with Crippen LogP contribution >= 0.6 is 0 Å². The molecule has 108 valence electrons. The summed E-state index contributed by atoms with van der Waals surface area (Å²) >= 11 is 0. The molecule has 0 radical (unpaired) electrons. The average molecular weight is 274 g/mol. The number of carbonyl (C=O) groups is 1. The Morgan fingerprint density at radius 2 is 2.20 bits per heavy atom. The number of carbonyl (C=O) groups excluding carboxylic acids is 1. The molecule has 1 saturated heterocycles. The lowest BCUT2D eigenvalue weighted by molar-refractivity contribution is -0.141. The second-order valence-electron chi connectivity index (χ2n) is 6.51. The lowest BCUT2D eigenvalue weighted by Crippen LogP contribution is -2.51. The summed E-state index contributed by atoms with van der Waals surface area (Å²) < 4.78 is 5.86. The van der Waals surface area contributed by atoms with Crippen molar-refractivity contribution >= 4 is 11.6 Å². The average Bonchev–Trinajstić information content (AvgIpc) is 2.45. The Morgan fingerprint density at radius 3 is 3.00 bits per heavy atom. The van der Waals surface area contributed by atoms with E-state index in [4.69, 9.17) is 4.74 Å². The third kappa shape index (κ3) is 2.60. The molecule has 2 aliphatic heterocycles. The van der Waals surface area contributed by atoms with Gasteiger partial charge < -0.3 is 15.0 Å². The molecule has 20 heavy (non-hydrogen) atoms. The smallest absolute Gasteiger partial charge is 0.265 e. The van der Waals surface area contributed by atoms with Crippen LogP contribution in [0.3, 0.4) is 0 Å². The van der Waals surface area contributed by atoms with Crippen LogP contribution in [0.4, 0.5) is 5.69 Å². The van der Waals surface area contributed by atoms with Gasteiger partial charge in [0.2, 0.25) is 0 Å². The number of nitrogens with zero attached hydrogens (tertiary/aromatic N) is 1. The van der Waals surface area contributed by atoms with Gasteiger partial charge in [0, 0.05) is 13.1 Å². The van der Waals surface area contributed by atoms with Crippen molar-refractivity contribution in [1.82, 2.24) is 4.90 Å². The predicted octanol–water partition coefficient (Wildman–Crippen LogP) is 2.51. The Hall–Kier alpha value is -1.71. The van der Waals surface area contributed by atoms with Crippen LogP contribution in [0, 0.1) is 5.41 Å². The van der Waals surface area contributed by atoms with Crippen LogP contribution in [0.1, 0.15) is 26.7 Å². The molecule has 2 aliphatic rings. The number of rotatable bonds is 1. The zero-order chi connectivity index (χ0) is 14.2. The SMILES string of the molecule is CC1(C)CCCN(C(=O)C2CNc3ccccc3O2)C1. The first-order chi connectivity index (χ1) is 9.55. The number of likely N-dealkylation sites (tertiary alicyclic amines) is 1. The number of benzene rings is 1. The molecule has 2 heterocycles. The second kappa shape index (κ2) is 5.00. The van der Waals surface area contributed by atoms with Crippen LogP contribution in [0.5, 0.6) is 5.75 Å². The topological polar surface area (TPSA) is 41.6 Å². The summed E-state index contributed by atoms with van der Waals surface area (Å²) in [7, 11) is 0. The minimum Gasteiger partial charge on any atom is -0.477 e. The van der Waals surface area contributed by atoms with E-state index >= 15 is 0 Å². The van der Waals surface area contributed by atoms with E-state index in [0.29, 0.717) is 6.54 Å². The molecular weight excluding hydrogens is 252 g/mol. The van der Waals surface area contributed by atoms with Gasteiger partial charge in [0.1, 0.15) is 5.75 Å². The Labute approximate surface area is 120 Å². The number of amides is 1. The van der Waals surface area contributed by atoms with E-state index < -0.39 is 6.10 Å². The molecule has 1 atom stereocenters. The van der Waals surface area contributed by atoms with Gasteiger partial charge in [-0.2, -0.15) is 0 Å². The van der Waals surface area contributed by atoms with Crippen molar-refractivity contribution < 1.29 is 9.53 Å². The summed E-state index contributed by atoms with van der Waals surface area (Å²) in [5, 5.41) is 3.28. The van der Waals surface area contributed by atoms with Gasteiger partial charge >= 0.3 is 0 Å². The van der Waals surface area contributed by atoms with Gasteiger partial charge in [0.25, 0.3) is 5.91 Å². The zero-order valence-electron chi connectivity index (χ0n) is 12.2. The number of ether oxygens (including phenoxy) is 1. The predicted molar refractivity (Wildman–Crippen MR) is 78.9 cm³/mol. The van der Waals surface area contributed by atoms with Crippen molar-refractivity contribution in [3.05, 3.63) is 24.3 Å². The van der Waals surface area contributed by atoms with Gasteiger partial charge in [-0.3, -0.25) is 4.79 Å². The summed E-state index contributed by atoms with van der Waals surface area (Å²) in [6, 6.07) is 7.77. The molecule has 1 amide bonds. The molecule has 0 spiro atoms. The van der Waals surface area contributed by atoms with Crippen LogP contribution in [-0.2, 0) is 4.79 Å². The molecule has 1 fully saturated rings. The Bertz CT molecular complexity index is 513. The van der Waals surface area contributed by atoms with E-state index in [9.17, 15) is 4.79 Å². The highest BCUT2D eigenvalue weighted by molar-refractivity contribution is 5.83. The summed E-state index contributed by atoms with van der Waals surface area (Å²) in [6.45, 7) is 6.67. The maximum Gasteiger partial charge on any atom is 0.265 e. The van der Waals surface area contributed by atoms with Crippen molar-refractivity contribution in [2.24, 2.45) is 5.41 Å². The number of hydrogen-bond acceptors (Lipinski definition) is 3. The Kier molecular flexibility index (Phi) is 3.32. The molecule has 0 aromatic heterocycles. The number of piperidine rings is 1. The Balaban J connectivity index is 1.70. The fourth-order valence-electron chi connectivity index (χ4n) is 3.07. The molecule has 4 nitrogen and oxygen atoms in total. The number of anilines is 1. The van der Waals surface area contributed by atoms with Crippen molar-refractivity contribution in [2.75, 3.05) is 25.0 Å². The standard InChI is InChI=1S/C16H22N2O2/c1-16(2)8-5-9-18(11-16)15(19)14-10-17-12-6-3-4-7-13(12)20-14/h3-4,6-7,14,17H,5,8-11H2,1-2H3. The van der Waals surface area contributed by atoms with E-state index in [1.54, 1.807) is 0 Å². The maximum absolute atomic E-state index is 12.6. The molecule has 4 heteroatoms. The van der Waals surface area contributed by atoms with Gasteiger partial charge in [-0.15, -0.1) is 0 Å². The fourth-order valence-corrected chi connectivity index (χ4v) is 3.07. The first kappa shape index (κ1) is 13.3. The van der Waals surface area contributed by atoms with Gasteiger partial charge in [-0.1, -0.05) is 26.0 Å². The van der Waals surface area contributed by atoms with E-state index in [0.717, 1.165) is 30.9 Å². The van der Waals surface area contributed by atoms with Gasteiger partial charge in [-0.25, -0.2) is 0 Å². The largest absolute Gasteiger partial charge is 0.477 e. The van der Waals surface area contributed by atoms with Gasteiger partial charge in [0.05, 0.1) is 12.2 Å². The normalized spacial score (nSPS) is 24.3.